The lowest BCUT2D eigenvalue weighted by atomic mass is 9.88. The first kappa shape index (κ1) is 15.1. The van der Waals surface area contributed by atoms with Crippen LogP contribution < -0.4 is 5.32 Å². The van der Waals surface area contributed by atoms with Crippen LogP contribution in [0.1, 0.15) is 36.1 Å². The van der Waals surface area contributed by atoms with Crippen LogP contribution in [-0.2, 0) is 12.8 Å². The highest BCUT2D eigenvalue weighted by molar-refractivity contribution is 9.10. The molecular formula is C18H19BrClN. The third-order valence-corrected chi connectivity index (χ3v) is 5.09. The van der Waals surface area contributed by atoms with Crippen LogP contribution in [0.15, 0.2) is 46.9 Å². The second-order valence-corrected chi connectivity index (χ2v) is 7.09. The van der Waals surface area contributed by atoms with Crippen molar-refractivity contribution in [3.8, 4) is 0 Å². The van der Waals surface area contributed by atoms with Gasteiger partial charge in [0.1, 0.15) is 0 Å². The Balaban J connectivity index is 1.70. The van der Waals surface area contributed by atoms with Gasteiger partial charge in [-0.15, -0.1) is 0 Å². The Morgan fingerprint density at radius 1 is 1.19 bits per heavy atom. The van der Waals surface area contributed by atoms with Crippen LogP contribution in [0.2, 0.25) is 5.02 Å². The van der Waals surface area contributed by atoms with Crippen LogP contribution in [0.4, 0.5) is 0 Å². The fourth-order valence-corrected chi connectivity index (χ4v) is 3.84. The van der Waals surface area contributed by atoms with Crippen LogP contribution in [0, 0.1) is 0 Å². The van der Waals surface area contributed by atoms with Gasteiger partial charge in [0, 0.05) is 21.6 Å². The Kier molecular flexibility index (Phi) is 4.68. The molecule has 1 aliphatic carbocycles. The largest absolute Gasteiger partial charge is 0.307 e. The average Bonchev–Trinajstić information content (AvgIpc) is 2.48. The van der Waals surface area contributed by atoms with Crippen LogP contribution in [0.5, 0.6) is 0 Å². The van der Waals surface area contributed by atoms with Crippen molar-refractivity contribution in [2.24, 2.45) is 0 Å². The van der Waals surface area contributed by atoms with E-state index in [9.17, 15) is 0 Å². The van der Waals surface area contributed by atoms with Gasteiger partial charge in [0.2, 0.25) is 0 Å². The quantitative estimate of drug-likeness (QED) is 0.778. The number of nitrogens with one attached hydrogen (secondary N) is 1. The molecule has 0 saturated heterocycles. The Labute approximate surface area is 139 Å². The summed E-state index contributed by atoms with van der Waals surface area (Å²) in [4.78, 5) is 0. The minimum atomic E-state index is 0.278. The number of rotatable bonds is 3. The summed E-state index contributed by atoms with van der Waals surface area (Å²) in [6.07, 6.45) is 3.41. The van der Waals surface area contributed by atoms with E-state index in [1.165, 1.54) is 27.6 Å². The van der Waals surface area contributed by atoms with Gasteiger partial charge >= 0.3 is 0 Å². The van der Waals surface area contributed by atoms with E-state index in [1.807, 2.05) is 18.2 Å². The molecule has 0 amide bonds. The zero-order valence-electron chi connectivity index (χ0n) is 12.1. The third kappa shape index (κ3) is 3.50. The molecule has 2 unspecified atom stereocenters. The van der Waals surface area contributed by atoms with Crippen molar-refractivity contribution in [1.29, 1.82) is 0 Å². The molecule has 0 saturated carbocycles. The maximum atomic E-state index is 6.29. The number of aryl methyl sites for hydroxylation is 1. The summed E-state index contributed by atoms with van der Waals surface area (Å²) in [6.45, 7) is 2.19. The molecule has 2 aromatic rings. The number of hydrogen-bond acceptors (Lipinski definition) is 1. The molecule has 2 aromatic carbocycles. The monoisotopic (exact) mass is 363 g/mol. The van der Waals surface area contributed by atoms with Gasteiger partial charge in [-0.1, -0.05) is 51.8 Å². The average molecular weight is 365 g/mol. The molecule has 0 aromatic heterocycles. The number of halogens is 2. The topological polar surface area (TPSA) is 12.0 Å². The SMILES string of the molecule is CC(NC1CCc2cc(Br)ccc2C1)c1ccccc1Cl. The van der Waals surface area contributed by atoms with Gasteiger partial charge in [-0.05, 0) is 61.1 Å². The minimum absolute atomic E-state index is 0.278. The van der Waals surface area contributed by atoms with E-state index in [0.29, 0.717) is 6.04 Å². The predicted molar refractivity (Wildman–Crippen MR) is 93.0 cm³/mol. The Morgan fingerprint density at radius 2 is 2.00 bits per heavy atom. The van der Waals surface area contributed by atoms with Crippen LogP contribution in [0.3, 0.4) is 0 Å². The zero-order chi connectivity index (χ0) is 14.8. The van der Waals surface area contributed by atoms with Gasteiger partial charge in [-0.25, -0.2) is 0 Å². The molecule has 21 heavy (non-hydrogen) atoms. The van der Waals surface area contributed by atoms with Crippen molar-refractivity contribution in [3.05, 3.63) is 68.7 Å². The molecule has 1 aliphatic rings. The summed E-state index contributed by atoms with van der Waals surface area (Å²) >= 11 is 9.84. The molecule has 1 N–H and O–H groups in total. The van der Waals surface area contributed by atoms with E-state index in [1.54, 1.807) is 0 Å². The molecule has 0 aliphatic heterocycles. The van der Waals surface area contributed by atoms with E-state index in [4.69, 9.17) is 11.6 Å². The summed E-state index contributed by atoms with van der Waals surface area (Å²) in [5.74, 6) is 0. The van der Waals surface area contributed by atoms with Crippen molar-refractivity contribution in [2.45, 2.75) is 38.3 Å². The van der Waals surface area contributed by atoms with E-state index in [-0.39, 0.29) is 6.04 Å². The lowest BCUT2D eigenvalue weighted by Gasteiger charge is -2.29. The maximum absolute atomic E-state index is 6.29. The summed E-state index contributed by atoms with van der Waals surface area (Å²) < 4.78 is 1.18. The molecule has 0 fully saturated rings. The Morgan fingerprint density at radius 3 is 2.81 bits per heavy atom. The van der Waals surface area contributed by atoms with Crippen molar-refractivity contribution >= 4 is 27.5 Å². The van der Waals surface area contributed by atoms with E-state index in [0.717, 1.165) is 17.9 Å². The van der Waals surface area contributed by atoms with Crippen molar-refractivity contribution in [3.63, 3.8) is 0 Å². The highest BCUT2D eigenvalue weighted by Gasteiger charge is 2.21. The lowest BCUT2D eigenvalue weighted by Crippen LogP contribution is -2.36. The Bertz CT molecular complexity index is 641. The standard InChI is InChI=1S/C18H19BrClN/c1-12(17-4-2-3-5-18(17)20)21-16-9-7-13-10-15(19)8-6-14(13)11-16/h2-6,8,10,12,16,21H,7,9,11H2,1H3. The number of hydrogen-bond donors (Lipinski definition) is 1. The summed E-state index contributed by atoms with van der Waals surface area (Å²) in [5, 5.41) is 4.58. The van der Waals surface area contributed by atoms with Crippen molar-refractivity contribution in [2.75, 3.05) is 0 Å². The molecule has 0 radical (unpaired) electrons. The van der Waals surface area contributed by atoms with Crippen LogP contribution in [0.25, 0.3) is 0 Å². The van der Waals surface area contributed by atoms with E-state index >= 15 is 0 Å². The summed E-state index contributed by atoms with van der Waals surface area (Å²) in [5.41, 5.74) is 4.13. The first-order valence-electron chi connectivity index (χ1n) is 7.41. The highest BCUT2D eigenvalue weighted by Crippen LogP contribution is 2.27. The van der Waals surface area contributed by atoms with Crippen LogP contribution in [-0.4, -0.2) is 6.04 Å². The predicted octanol–water partition coefficient (Wildman–Crippen LogP) is 5.31. The highest BCUT2D eigenvalue weighted by atomic mass is 79.9. The molecule has 0 heterocycles. The first-order chi connectivity index (χ1) is 10.1. The van der Waals surface area contributed by atoms with Crippen LogP contribution >= 0.6 is 27.5 Å². The molecular weight excluding hydrogens is 346 g/mol. The maximum Gasteiger partial charge on any atom is 0.0453 e. The van der Waals surface area contributed by atoms with Gasteiger partial charge in [0.15, 0.2) is 0 Å². The van der Waals surface area contributed by atoms with Crippen molar-refractivity contribution in [1.82, 2.24) is 5.32 Å². The summed E-state index contributed by atoms with van der Waals surface area (Å²) in [6, 6.07) is 15.5. The zero-order valence-corrected chi connectivity index (χ0v) is 14.4. The van der Waals surface area contributed by atoms with Crippen molar-refractivity contribution < 1.29 is 0 Å². The van der Waals surface area contributed by atoms with E-state index in [2.05, 4.69) is 52.4 Å². The molecule has 3 heteroatoms. The molecule has 1 nitrogen and oxygen atoms in total. The molecule has 110 valence electrons. The lowest BCUT2D eigenvalue weighted by molar-refractivity contribution is 0.414. The second kappa shape index (κ2) is 6.51. The summed E-state index contributed by atoms with van der Waals surface area (Å²) in [7, 11) is 0. The van der Waals surface area contributed by atoms with Gasteiger partial charge in [0.25, 0.3) is 0 Å². The molecule has 0 bridgehead atoms. The number of fused-ring (bicyclic) bond motifs is 1. The molecule has 2 atom stereocenters. The fourth-order valence-electron chi connectivity index (χ4n) is 3.14. The van der Waals surface area contributed by atoms with Gasteiger partial charge in [-0.2, -0.15) is 0 Å². The smallest absolute Gasteiger partial charge is 0.0453 e. The second-order valence-electron chi connectivity index (χ2n) is 5.76. The van der Waals surface area contributed by atoms with Gasteiger partial charge in [0.05, 0.1) is 0 Å². The van der Waals surface area contributed by atoms with Gasteiger partial charge < -0.3 is 5.32 Å². The fraction of sp³-hybridized carbons (Fsp3) is 0.333. The normalized spacial score (nSPS) is 19.1. The Hall–Kier alpha value is -0.830. The first-order valence-corrected chi connectivity index (χ1v) is 8.58. The third-order valence-electron chi connectivity index (χ3n) is 4.25. The molecule has 3 rings (SSSR count). The number of benzene rings is 2. The van der Waals surface area contributed by atoms with Gasteiger partial charge in [-0.3, -0.25) is 0 Å². The molecule has 0 spiro atoms. The van der Waals surface area contributed by atoms with E-state index < -0.39 is 0 Å². The minimum Gasteiger partial charge on any atom is -0.307 e.